The summed E-state index contributed by atoms with van der Waals surface area (Å²) >= 11 is 0. The maximum absolute atomic E-state index is 10.1. The van der Waals surface area contributed by atoms with Crippen molar-refractivity contribution >= 4 is 6.09 Å². The molecule has 4 nitrogen and oxygen atoms in total. The number of carboxylic acid groups (broad SMARTS) is 1. The summed E-state index contributed by atoms with van der Waals surface area (Å²) in [7, 11) is 1.41. The van der Waals surface area contributed by atoms with Crippen molar-refractivity contribution in [1.82, 2.24) is 4.90 Å². The van der Waals surface area contributed by atoms with Crippen molar-refractivity contribution in [3.8, 4) is 11.8 Å². The average molecular weight is 143 g/mol. The fraction of sp³-hybridized carbons (Fsp3) is 0.500. The standard InChI is InChI=1S/C6H9NO3/c1-7(6(9)10)4-2-3-5-8/h8H,4-5H2,1H3,(H,9,10). The van der Waals surface area contributed by atoms with Gasteiger partial charge in [-0.15, -0.1) is 0 Å². The number of aliphatic hydroxyl groups excluding tert-OH is 1. The van der Waals surface area contributed by atoms with E-state index in [1.54, 1.807) is 0 Å². The molecule has 0 bridgehead atoms. The molecule has 4 heteroatoms. The van der Waals surface area contributed by atoms with Gasteiger partial charge in [0.2, 0.25) is 0 Å². The largest absolute Gasteiger partial charge is 0.465 e. The van der Waals surface area contributed by atoms with Crippen LogP contribution in [0.2, 0.25) is 0 Å². The van der Waals surface area contributed by atoms with E-state index < -0.39 is 6.09 Å². The number of amides is 1. The molecule has 1 amide bonds. The van der Waals surface area contributed by atoms with Crippen LogP contribution < -0.4 is 0 Å². The SMILES string of the molecule is CN(CC#CCO)C(=O)O. The molecule has 0 rings (SSSR count). The Bertz CT molecular complexity index is 168. The molecule has 0 saturated carbocycles. The van der Waals surface area contributed by atoms with Crippen LogP contribution in [0.5, 0.6) is 0 Å². The zero-order valence-corrected chi connectivity index (χ0v) is 5.66. The Balaban J connectivity index is 3.58. The summed E-state index contributed by atoms with van der Waals surface area (Å²) in [5.41, 5.74) is 0. The molecule has 0 aliphatic carbocycles. The van der Waals surface area contributed by atoms with Crippen molar-refractivity contribution in [2.75, 3.05) is 20.2 Å². The molecule has 0 atom stereocenters. The summed E-state index contributed by atoms with van der Waals surface area (Å²) in [5, 5.41) is 16.5. The Morgan fingerprint density at radius 1 is 1.60 bits per heavy atom. The van der Waals surface area contributed by atoms with Crippen LogP contribution in [0.15, 0.2) is 0 Å². The molecule has 0 saturated heterocycles. The van der Waals surface area contributed by atoms with E-state index in [1.807, 2.05) is 0 Å². The van der Waals surface area contributed by atoms with Gasteiger partial charge in [0, 0.05) is 7.05 Å². The van der Waals surface area contributed by atoms with Crippen LogP contribution in [0.25, 0.3) is 0 Å². The minimum absolute atomic E-state index is 0.135. The molecule has 0 heterocycles. The highest BCUT2D eigenvalue weighted by atomic mass is 16.4. The van der Waals surface area contributed by atoms with E-state index in [0.717, 1.165) is 4.90 Å². The third-order valence-corrected chi connectivity index (χ3v) is 0.847. The Labute approximate surface area is 59.1 Å². The minimum Gasteiger partial charge on any atom is -0.465 e. The summed E-state index contributed by atoms with van der Waals surface area (Å²) in [6.45, 7) is -0.0939. The van der Waals surface area contributed by atoms with Crippen LogP contribution in [0.4, 0.5) is 4.79 Å². The molecule has 0 unspecified atom stereocenters. The molecule has 0 aromatic heterocycles. The highest BCUT2D eigenvalue weighted by Gasteiger charge is 2.00. The fourth-order valence-corrected chi connectivity index (χ4v) is 0.298. The molecule has 0 aromatic carbocycles. The average Bonchev–Trinajstić information content (AvgIpc) is 1.88. The van der Waals surface area contributed by atoms with Gasteiger partial charge < -0.3 is 15.1 Å². The van der Waals surface area contributed by atoms with E-state index in [-0.39, 0.29) is 13.2 Å². The van der Waals surface area contributed by atoms with Crippen LogP contribution in [0, 0.1) is 11.8 Å². The third kappa shape index (κ3) is 3.75. The third-order valence-electron chi connectivity index (χ3n) is 0.847. The van der Waals surface area contributed by atoms with Gasteiger partial charge in [0.25, 0.3) is 0 Å². The molecule has 0 spiro atoms. The molecule has 0 aliphatic rings. The molecule has 2 N–H and O–H groups in total. The maximum atomic E-state index is 10.1. The second kappa shape index (κ2) is 4.65. The van der Waals surface area contributed by atoms with Crippen molar-refractivity contribution in [2.45, 2.75) is 0 Å². The Kier molecular flexibility index (Phi) is 4.09. The molecule has 0 radical (unpaired) electrons. The van der Waals surface area contributed by atoms with E-state index in [0.29, 0.717) is 0 Å². The van der Waals surface area contributed by atoms with Gasteiger partial charge in [-0.3, -0.25) is 0 Å². The highest BCUT2D eigenvalue weighted by Crippen LogP contribution is 1.79. The quantitative estimate of drug-likeness (QED) is 0.490. The number of aliphatic hydroxyl groups is 1. The molecular formula is C6H9NO3. The Morgan fingerprint density at radius 3 is 2.60 bits per heavy atom. The summed E-state index contributed by atoms with van der Waals surface area (Å²) in [6, 6.07) is 0. The topological polar surface area (TPSA) is 60.8 Å². The number of hydrogen-bond donors (Lipinski definition) is 2. The van der Waals surface area contributed by atoms with Crippen molar-refractivity contribution in [3.05, 3.63) is 0 Å². The molecule has 0 aliphatic heterocycles. The van der Waals surface area contributed by atoms with Crippen molar-refractivity contribution < 1.29 is 15.0 Å². The van der Waals surface area contributed by atoms with Gasteiger partial charge in [-0.1, -0.05) is 11.8 Å². The highest BCUT2D eigenvalue weighted by molar-refractivity contribution is 5.64. The first kappa shape index (κ1) is 8.79. The first-order chi connectivity index (χ1) is 4.68. The molecule has 10 heavy (non-hydrogen) atoms. The Morgan fingerprint density at radius 2 is 2.20 bits per heavy atom. The normalized spacial score (nSPS) is 7.80. The summed E-state index contributed by atoms with van der Waals surface area (Å²) in [4.78, 5) is 11.1. The molecule has 56 valence electrons. The summed E-state index contributed by atoms with van der Waals surface area (Å²) in [6.07, 6.45) is -1.02. The molecular weight excluding hydrogens is 134 g/mol. The summed E-state index contributed by atoms with van der Waals surface area (Å²) in [5.74, 6) is 4.80. The smallest absolute Gasteiger partial charge is 0.407 e. The molecule has 0 aromatic rings. The lowest BCUT2D eigenvalue weighted by Gasteiger charge is -2.06. The second-order valence-corrected chi connectivity index (χ2v) is 1.65. The van der Waals surface area contributed by atoms with E-state index in [4.69, 9.17) is 10.2 Å². The molecule has 0 fully saturated rings. The van der Waals surface area contributed by atoms with Crippen LogP contribution in [-0.4, -0.2) is 41.4 Å². The second-order valence-electron chi connectivity index (χ2n) is 1.65. The predicted octanol–water partition coefficient (Wildman–Crippen LogP) is -0.408. The van der Waals surface area contributed by atoms with Crippen molar-refractivity contribution in [1.29, 1.82) is 0 Å². The summed E-state index contributed by atoms with van der Waals surface area (Å²) < 4.78 is 0. The first-order valence-corrected chi connectivity index (χ1v) is 2.69. The van der Waals surface area contributed by atoms with Crippen LogP contribution in [0.1, 0.15) is 0 Å². The predicted molar refractivity (Wildman–Crippen MR) is 35.5 cm³/mol. The van der Waals surface area contributed by atoms with Crippen LogP contribution in [-0.2, 0) is 0 Å². The lowest BCUT2D eigenvalue weighted by atomic mass is 10.5. The first-order valence-electron chi connectivity index (χ1n) is 2.69. The minimum atomic E-state index is -1.02. The van der Waals surface area contributed by atoms with Crippen LogP contribution >= 0.6 is 0 Å². The van der Waals surface area contributed by atoms with E-state index in [1.165, 1.54) is 7.05 Å². The van der Waals surface area contributed by atoms with E-state index >= 15 is 0 Å². The van der Waals surface area contributed by atoms with Gasteiger partial charge in [0.05, 0.1) is 6.54 Å². The van der Waals surface area contributed by atoms with E-state index in [2.05, 4.69) is 11.8 Å². The number of nitrogens with zero attached hydrogens (tertiary/aromatic N) is 1. The van der Waals surface area contributed by atoms with Gasteiger partial charge in [-0.25, -0.2) is 4.79 Å². The number of hydrogen-bond acceptors (Lipinski definition) is 2. The lowest BCUT2D eigenvalue weighted by Crippen LogP contribution is -2.24. The van der Waals surface area contributed by atoms with Crippen LogP contribution in [0.3, 0.4) is 0 Å². The fourth-order valence-electron chi connectivity index (χ4n) is 0.298. The number of rotatable bonds is 1. The van der Waals surface area contributed by atoms with Gasteiger partial charge >= 0.3 is 6.09 Å². The van der Waals surface area contributed by atoms with E-state index in [9.17, 15) is 4.79 Å². The Hall–Kier alpha value is -1.21. The lowest BCUT2D eigenvalue weighted by molar-refractivity contribution is 0.161. The monoisotopic (exact) mass is 143 g/mol. The number of carbonyl (C=O) groups is 1. The van der Waals surface area contributed by atoms with Crippen molar-refractivity contribution in [3.63, 3.8) is 0 Å². The maximum Gasteiger partial charge on any atom is 0.407 e. The van der Waals surface area contributed by atoms with Gasteiger partial charge in [-0.2, -0.15) is 0 Å². The van der Waals surface area contributed by atoms with Gasteiger partial charge in [0.15, 0.2) is 0 Å². The van der Waals surface area contributed by atoms with Gasteiger partial charge in [-0.05, 0) is 0 Å². The van der Waals surface area contributed by atoms with Gasteiger partial charge in [0.1, 0.15) is 6.61 Å². The zero-order chi connectivity index (χ0) is 7.98. The zero-order valence-electron chi connectivity index (χ0n) is 5.66. The van der Waals surface area contributed by atoms with Crippen molar-refractivity contribution in [2.24, 2.45) is 0 Å².